The average molecular weight is 354 g/mol. The lowest BCUT2D eigenvalue weighted by atomic mass is 10.2. The van der Waals surface area contributed by atoms with Gasteiger partial charge in [0.1, 0.15) is 0 Å². The zero-order valence-electron chi connectivity index (χ0n) is 12.2. The molecule has 0 aliphatic rings. The van der Waals surface area contributed by atoms with Gasteiger partial charge >= 0.3 is 11.9 Å². The lowest BCUT2D eigenvalue weighted by molar-refractivity contribution is -0.133. The molecule has 0 atom stereocenters. The Morgan fingerprint density at radius 1 is 1.35 bits per heavy atom. The van der Waals surface area contributed by atoms with Crippen LogP contribution in [-0.2, 0) is 14.3 Å². The molecule has 9 heteroatoms. The quantitative estimate of drug-likeness (QED) is 0.734. The standard InChI is InChI=1S/C14H14N2O5S2/c1-2-21-13(20)8-3-4-9-10(5-8)23-14(15-9)16-11(17)6-22-7-12(18)19/h3-5H,2,6-7H2,1H3,(H,18,19)(H,15,16,17). The van der Waals surface area contributed by atoms with Crippen molar-refractivity contribution >= 4 is 56.3 Å². The summed E-state index contributed by atoms with van der Waals surface area (Å²) in [6.45, 7) is 2.04. The number of amides is 1. The second-order valence-corrected chi connectivity index (χ2v) is 6.37. The fraction of sp³-hybridized carbons (Fsp3) is 0.286. The van der Waals surface area contributed by atoms with Crippen LogP contribution in [-0.4, -0.2) is 46.0 Å². The molecule has 0 aliphatic heterocycles. The second kappa shape index (κ2) is 7.93. The summed E-state index contributed by atoms with van der Waals surface area (Å²) in [5.41, 5.74) is 1.09. The highest BCUT2D eigenvalue weighted by Crippen LogP contribution is 2.27. The third-order valence-corrected chi connectivity index (χ3v) is 4.46. The van der Waals surface area contributed by atoms with Crippen molar-refractivity contribution < 1.29 is 24.2 Å². The average Bonchev–Trinajstić information content (AvgIpc) is 2.88. The number of carboxylic acids is 1. The maximum Gasteiger partial charge on any atom is 0.338 e. The van der Waals surface area contributed by atoms with Gasteiger partial charge in [-0.1, -0.05) is 11.3 Å². The van der Waals surface area contributed by atoms with Gasteiger partial charge in [0, 0.05) is 0 Å². The van der Waals surface area contributed by atoms with Crippen LogP contribution in [0.15, 0.2) is 18.2 Å². The van der Waals surface area contributed by atoms with Gasteiger partial charge in [0.15, 0.2) is 5.13 Å². The number of benzene rings is 1. The fourth-order valence-corrected chi connectivity index (χ4v) is 3.16. The van der Waals surface area contributed by atoms with Crippen LogP contribution in [0.5, 0.6) is 0 Å². The number of carboxylic acid groups (broad SMARTS) is 1. The highest BCUT2D eigenvalue weighted by Gasteiger charge is 2.12. The molecule has 0 aliphatic carbocycles. The minimum absolute atomic E-state index is 0.0380. The molecule has 0 bridgehead atoms. The number of nitrogens with zero attached hydrogens (tertiary/aromatic N) is 1. The zero-order valence-corrected chi connectivity index (χ0v) is 13.8. The van der Waals surface area contributed by atoms with Gasteiger partial charge in [0.05, 0.1) is 33.9 Å². The van der Waals surface area contributed by atoms with E-state index in [1.165, 1.54) is 11.3 Å². The highest BCUT2D eigenvalue weighted by molar-refractivity contribution is 8.00. The second-order valence-electron chi connectivity index (χ2n) is 4.36. The maximum absolute atomic E-state index is 11.7. The Bertz CT molecular complexity index is 744. The fourth-order valence-electron chi connectivity index (χ4n) is 1.71. The van der Waals surface area contributed by atoms with E-state index in [0.29, 0.717) is 22.8 Å². The number of rotatable bonds is 7. The van der Waals surface area contributed by atoms with Crippen LogP contribution in [0, 0.1) is 0 Å². The van der Waals surface area contributed by atoms with Gasteiger partial charge in [-0.05, 0) is 25.1 Å². The van der Waals surface area contributed by atoms with E-state index < -0.39 is 11.9 Å². The van der Waals surface area contributed by atoms with Gasteiger partial charge in [0.2, 0.25) is 5.91 Å². The van der Waals surface area contributed by atoms with Crippen molar-refractivity contribution in [1.29, 1.82) is 0 Å². The number of hydrogen-bond acceptors (Lipinski definition) is 7. The highest BCUT2D eigenvalue weighted by atomic mass is 32.2. The summed E-state index contributed by atoms with van der Waals surface area (Å²) in [6.07, 6.45) is 0. The summed E-state index contributed by atoms with van der Waals surface area (Å²) in [4.78, 5) is 38.0. The van der Waals surface area contributed by atoms with Crippen LogP contribution in [0.3, 0.4) is 0 Å². The number of ether oxygens (including phenoxy) is 1. The minimum Gasteiger partial charge on any atom is -0.481 e. The summed E-state index contributed by atoms with van der Waals surface area (Å²) in [6, 6.07) is 4.97. The number of thiazole rings is 1. The predicted octanol–water partition coefficient (Wildman–Crippen LogP) is 2.23. The summed E-state index contributed by atoms with van der Waals surface area (Å²) in [7, 11) is 0. The Balaban J connectivity index is 2.03. The van der Waals surface area contributed by atoms with E-state index >= 15 is 0 Å². The van der Waals surface area contributed by atoms with Crippen molar-refractivity contribution in [2.24, 2.45) is 0 Å². The van der Waals surface area contributed by atoms with Gasteiger partial charge in [-0.25, -0.2) is 9.78 Å². The van der Waals surface area contributed by atoms with E-state index in [4.69, 9.17) is 9.84 Å². The Labute approximate surface area is 140 Å². The molecule has 0 fully saturated rings. The molecule has 1 aromatic heterocycles. The number of aromatic nitrogens is 1. The van der Waals surface area contributed by atoms with Gasteiger partial charge in [-0.3, -0.25) is 9.59 Å². The molecule has 23 heavy (non-hydrogen) atoms. The van der Waals surface area contributed by atoms with E-state index in [9.17, 15) is 14.4 Å². The molecule has 1 heterocycles. The van der Waals surface area contributed by atoms with Crippen LogP contribution in [0.25, 0.3) is 10.2 Å². The number of esters is 1. The van der Waals surface area contributed by atoms with Gasteiger partial charge in [0.25, 0.3) is 0 Å². The number of fused-ring (bicyclic) bond motifs is 1. The van der Waals surface area contributed by atoms with E-state index in [0.717, 1.165) is 16.5 Å². The Kier molecular flexibility index (Phi) is 5.94. The first kappa shape index (κ1) is 17.2. The summed E-state index contributed by atoms with van der Waals surface area (Å²) in [5.74, 6) is -1.78. The smallest absolute Gasteiger partial charge is 0.338 e. The molecule has 2 N–H and O–H groups in total. The molecule has 0 saturated carbocycles. The third kappa shape index (κ3) is 4.93. The van der Waals surface area contributed by atoms with Crippen LogP contribution in [0.2, 0.25) is 0 Å². The van der Waals surface area contributed by atoms with Crippen molar-refractivity contribution in [1.82, 2.24) is 4.98 Å². The number of anilines is 1. The van der Waals surface area contributed by atoms with Crippen LogP contribution in [0.4, 0.5) is 5.13 Å². The van der Waals surface area contributed by atoms with E-state index in [1.807, 2.05) is 0 Å². The Morgan fingerprint density at radius 3 is 2.83 bits per heavy atom. The molecule has 0 spiro atoms. The summed E-state index contributed by atoms with van der Waals surface area (Å²) < 4.78 is 5.69. The number of thioether (sulfide) groups is 1. The zero-order chi connectivity index (χ0) is 16.8. The molecule has 0 unspecified atom stereocenters. The maximum atomic E-state index is 11.7. The molecule has 1 aromatic carbocycles. The monoisotopic (exact) mass is 354 g/mol. The largest absolute Gasteiger partial charge is 0.481 e. The Hall–Kier alpha value is -2.13. The number of nitrogens with one attached hydrogen (secondary N) is 1. The van der Waals surface area contributed by atoms with Crippen molar-refractivity contribution in [3.63, 3.8) is 0 Å². The molecule has 2 aromatic rings. The number of carbonyl (C=O) groups is 3. The summed E-state index contributed by atoms with van der Waals surface area (Å²) >= 11 is 2.25. The van der Waals surface area contributed by atoms with Crippen LogP contribution >= 0.6 is 23.1 Å². The Morgan fingerprint density at radius 2 is 2.13 bits per heavy atom. The van der Waals surface area contributed by atoms with Crippen molar-refractivity contribution in [3.05, 3.63) is 23.8 Å². The summed E-state index contributed by atoms with van der Waals surface area (Å²) in [5, 5.41) is 11.5. The first-order valence-electron chi connectivity index (χ1n) is 6.66. The molecular formula is C14H14N2O5S2. The minimum atomic E-state index is -0.964. The lowest BCUT2D eigenvalue weighted by Gasteiger charge is -2.00. The normalized spacial score (nSPS) is 10.5. The van der Waals surface area contributed by atoms with Gasteiger partial charge in [-0.2, -0.15) is 0 Å². The molecule has 2 rings (SSSR count). The van der Waals surface area contributed by atoms with E-state index in [-0.39, 0.29) is 17.4 Å². The van der Waals surface area contributed by atoms with Gasteiger partial charge in [-0.15, -0.1) is 11.8 Å². The SMILES string of the molecule is CCOC(=O)c1ccc2nc(NC(=O)CSCC(=O)O)sc2c1. The molecule has 0 radical (unpaired) electrons. The van der Waals surface area contributed by atoms with Crippen LogP contribution < -0.4 is 5.32 Å². The number of aliphatic carboxylic acids is 1. The molecule has 7 nitrogen and oxygen atoms in total. The number of carbonyl (C=O) groups excluding carboxylic acids is 2. The topological polar surface area (TPSA) is 106 Å². The lowest BCUT2D eigenvalue weighted by Crippen LogP contribution is -2.15. The predicted molar refractivity (Wildman–Crippen MR) is 89.2 cm³/mol. The molecule has 1 amide bonds. The van der Waals surface area contributed by atoms with Gasteiger partial charge < -0.3 is 15.2 Å². The van der Waals surface area contributed by atoms with Crippen molar-refractivity contribution in [2.75, 3.05) is 23.4 Å². The molecule has 122 valence electrons. The van der Waals surface area contributed by atoms with Crippen LogP contribution in [0.1, 0.15) is 17.3 Å². The first-order chi connectivity index (χ1) is 11.0. The molecule has 0 saturated heterocycles. The first-order valence-corrected chi connectivity index (χ1v) is 8.64. The van der Waals surface area contributed by atoms with E-state index in [2.05, 4.69) is 10.3 Å². The van der Waals surface area contributed by atoms with E-state index in [1.54, 1.807) is 25.1 Å². The molecular weight excluding hydrogens is 340 g/mol. The number of hydrogen-bond donors (Lipinski definition) is 2. The third-order valence-electron chi connectivity index (χ3n) is 2.60. The van der Waals surface area contributed by atoms with Crippen molar-refractivity contribution in [3.8, 4) is 0 Å². The van der Waals surface area contributed by atoms with Crippen molar-refractivity contribution in [2.45, 2.75) is 6.92 Å².